The SMILES string of the molecule is O=C(CNc1ccccc1OCc1ccccc1)Nc1cccc(OCC2CCCO2)c1. The van der Waals surface area contributed by atoms with Crippen LogP contribution in [0.4, 0.5) is 11.4 Å². The highest BCUT2D eigenvalue weighted by atomic mass is 16.5. The highest BCUT2D eigenvalue weighted by Crippen LogP contribution is 2.25. The summed E-state index contributed by atoms with van der Waals surface area (Å²) in [6, 6.07) is 25.0. The summed E-state index contributed by atoms with van der Waals surface area (Å²) in [6.45, 7) is 1.91. The fraction of sp³-hybridized carbons (Fsp3) is 0.269. The molecule has 6 nitrogen and oxygen atoms in total. The quantitative estimate of drug-likeness (QED) is 0.478. The van der Waals surface area contributed by atoms with E-state index in [0.717, 1.165) is 30.7 Å². The second kappa shape index (κ2) is 11.2. The molecular weight excluding hydrogens is 404 g/mol. The minimum Gasteiger partial charge on any atom is -0.491 e. The molecule has 2 N–H and O–H groups in total. The second-order valence-corrected chi connectivity index (χ2v) is 7.65. The number of carbonyl (C=O) groups is 1. The number of amides is 1. The van der Waals surface area contributed by atoms with E-state index in [-0.39, 0.29) is 18.6 Å². The van der Waals surface area contributed by atoms with E-state index in [9.17, 15) is 4.79 Å². The van der Waals surface area contributed by atoms with Crippen LogP contribution in [0.1, 0.15) is 18.4 Å². The van der Waals surface area contributed by atoms with Gasteiger partial charge in [0, 0.05) is 18.4 Å². The van der Waals surface area contributed by atoms with Gasteiger partial charge < -0.3 is 24.8 Å². The fourth-order valence-electron chi connectivity index (χ4n) is 3.48. The van der Waals surface area contributed by atoms with Gasteiger partial charge in [-0.15, -0.1) is 0 Å². The molecule has 1 unspecified atom stereocenters. The van der Waals surface area contributed by atoms with E-state index in [0.29, 0.717) is 30.4 Å². The van der Waals surface area contributed by atoms with Gasteiger partial charge >= 0.3 is 0 Å². The molecular formula is C26H28N2O4. The summed E-state index contributed by atoms with van der Waals surface area (Å²) in [5.74, 6) is 1.26. The van der Waals surface area contributed by atoms with E-state index in [4.69, 9.17) is 14.2 Å². The van der Waals surface area contributed by atoms with E-state index >= 15 is 0 Å². The molecule has 1 amide bonds. The van der Waals surface area contributed by atoms with Crippen molar-refractivity contribution in [3.05, 3.63) is 84.4 Å². The standard InChI is InChI=1S/C26H28N2O4/c29-26(28-21-10-6-11-22(16-21)31-19-23-12-7-15-30-23)17-27-24-13-4-5-14-25(24)32-18-20-8-2-1-3-9-20/h1-6,8-11,13-14,16,23,27H,7,12,15,17-19H2,(H,28,29). The number of carbonyl (C=O) groups excluding carboxylic acids is 1. The Kier molecular flexibility index (Phi) is 7.60. The summed E-state index contributed by atoms with van der Waals surface area (Å²) >= 11 is 0. The number of nitrogens with one attached hydrogen (secondary N) is 2. The van der Waals surface area contributed by atoms with Crippen molar-refractivity contribution in [3.63, 3.8) is 0 Å². The van der Waals surface area contributed by atoms with E-state index in [1.165, 1.54) is 0 Å². The molecule has 1 saturated heterocycles. The van der Waals surface area contributed by atoms with Crippen molar-refractivity contribution >= 4 is 17.3 Å². The van der Waals surface area contributed by atoms with Crippen LogP contribution in [-0.4, -0.2) is 31.8 Å². The van der Waals surface area contributed by atoms with Crippen LogP contribution >= 0.6 is 0 Å². The molecule has 0 spiro atoms. The maximum Gasteiger partial charge on any atom is 0.243 e. The van der Waals surface area contributed by atoms with E-state index in [1.54, 1.807) is 0 Å². The first kappa shape index (κ1) is 21.7. The summed E-state index contributed by atoms with van der Waals surface area (Å²) in [7, 11) is 0. The largest absolute Gasteiger partial charge is 0.491 e. The highest BCUT2D eigenvalue weighted by molar-refractivity contribution is 5.94. The van der Waals surface area contributed by atoms with Gasteiger partial charge in [0.2, 0.25) is 5.91 Å². The number of hydrogen-bond acceptors (Lipinski definition) is 5. The van der Waals surface area contributed by atoms with Gasteiger partial charge in [-0.3, -0.25) is 4.79 Å². The van der Waals surface area contributed by atoms with Gasteiger partial charge in [-0.25, -0.2) is 0 Å². The van der Waals surface area contributed by atoms with Crippen LogP contribution in [0, 0.1) is 0 Å². The Labute approximate surface area is 188 Å². The molecule has 0 aromatic heterocycles. The first-order valence-electron chi connectivity index (χ1n) is 10.9. The molecule has 0 radical (unpaired) electrons. The van der Waals surface area contributed by atoms with Crippen molar-refractivity contribution in [1.82, 2.24) is 0 Å². The van der Waals surface area contributed by atoms with Crippen LogP contribution in [0.15, 0.2) is 78.9 Å². The molecule has 4 rings (SSSR count). The Bertz CT molecular complexity index is 1000. The lowest BCUT2D eigenvalue weighted by molar-refractivity contribution is -0.114. The normalized spacial score (nSPS) is 15.2. The van der Waals surface area contributed by atoms with Gasteiger partial charge in [0.25, 0.3) is 0 Å². The summed E-state index contributed by atoms with van der Waals surface area (Å²) in [6.07, 6.45) is 2.26. The zero-order valence-corrected chi connectivity index (χ0v) is 18.0. The number of anilines is 2. The van der Waals surface area contributed by atoms with E-state index < -0.39 is 0 Å². The molecule has 0 bridgehead atoms. The minimum atomic E-state index is -0.154. The second-order valence-electron chi connectivity index (χ2n) is 7.65. The zero-order valence-electron chi connectivity index (χ0n) is 18.0. The van der Waals surface area contributed by atoms with Crippen LogP contribution in [0.3, 0.4) is 0 Å². The summed E-state index contributed by atoms with van der Waals surface area (Å²) in [4.78, 5) is 12.5. The van der Waals surface area contributed by atoms with Gasteiger partial charge in [0.1, 0.15) is 24.7 Å². The third kappa shape index (κ3) is 6.49. The van der Waals surface area contributed by atoms with Crippen LogP contribution in [0.5, 0.6) is 11.5 Å². The predicted molar refractivity (Wildman–Crippen MR) is 125 cm³/mol. The molecule has 1 aliphatic rings. The zero-order chi connectivity index (χ0) is 22.0. The minimum absolute atomic E-state index is 0.118. The number of benzene rings is 3. The van der Waals surface area contributed by atoms with Crippen molar-refractivity contribution in [3.8, 4) is 11.5 Å². The molecule has 1 heterocycles. The van der Waals surface area contributed by atoms with Crippen molar-refractivity contribution < 1.29 is 19.0 Å². The molecule has 0 aliphatic carbocycles. The number of hydrogen-bond donors (Lipinski definition) is 2. The number of para-hydroxylation sites is 2. The molecule has 3 aromatic carbocycles. The van der Waals surface area contributed by atoms with E-state index in [2.05, 4.69) is 10.6 Å². The molecule has 166 valence electrons. The molecule has 6 heteroatoms. The maximum atomic E-state index is 12.5. The van der Waals surface area contributed by atoms with Crippen molar-refractivity contribution in [2.75, 3.05) is 30.4 Å². The van der Waals surface area contributed by atoms with Crippen LogP contribution in [-0.2, 0) is 16.1 Å². The monoisotopic (exact) mass is 432 g/mol. The molecule has 1 fully saturated rings. The van der Waals surface area contributed by atoms with Crippen molar-refractivity contribution in [2.45, 2.75) is 25.6 Å². The Morgan fingerprint density at radius 3 is 2.66 bits per heavy atom. The molecule has 0 saturated carbocycles. The topological polar surface area (TPSA) is 68.8 Å². The summed E-state index contributed by atoms with van der Waals surface area (Å²) in [5, 5.41) is 6.07. The number of rotatable bonds is 10. The smallest absolute Gasteiger partial charge is 0.243 e. The maximum absolute atomic E-state index is 12.5. The molecule has 32 heavy (non-hydrogen) atoms. The lowest BCUT2D eigenvalue weighted by atomic mass is 10.2. The fourth-order valence-corrected chi connectivity index (χ4v) is 3.48. The Morgan fingerprint density at radius 2 is 1.81 bits per heavy atom. The first-order valence-corrected chi connectivity index (χ1v) is 10.9. The van der Waals surface area contributed by atoms with Crippen molar-refractivity contribution in [1.29, 1.82) is 0 Å². The van der Waals surface area contributed by atoms with Gasteiger partial charge in [-0.1, -0.05) is 48.5 Å². The average molecular weight is 433 g/mol. The lowest BCUT2D eigenvalue weighted by Crippen LogP contribution is -2.22. The molecule has 1 aliphatic heterocycles. The Morgan fingerprint density at radius 1 is 0.969 bits per heavy atom. The Balaban J connectivity index is 1.27. The molecule has 3 aromatic rings. The first-order chi connectivity index (χ1) is 15.8. The lowest BCUT2D eigenvalue weighted by Gasteiger charge is -2.14. The molecule has 1 atom stereocenters. The number of ether oxygens (including phenoxy) is 3. The van der Waals surface area contributed by atoms with Crippen molar-refractivity contribution in [2.24, 2.45) is 0 Å². The van der Waals surface area contributed by atoms with Gasteiger partial charge in [-0.2, -0.15) is 0 Å². The highest BCUT2D eigenvalue weighted by Gasteiger charge is 2.16. The Hall–Kier alpha value is -3.51. The third-order valence-corrected chi connectivity index (χ3v) is 5.14. The van der Waals surface area contributed by atoms with Gasteiger partial charge in [0.05, 0.1) is 18.3 Å². The van der Waals surface area contributed by atoms with Crippen LogP contribution < -0.4 is 20.1 Å². The van der Waals surface area contributed by atoms with Gasteiger partial charge in [0.15, 0.2) is 0 Å². The third-order valence-electron chi connectivity index (χ3n) is 5.14. The van der Waals surface area contributed by atoms with Crippen LogP contribution in [0.25, 0.3) is 0 Å². The summed E-state index contributed by atoms with van der Waals surface area (Å²) < 4.78 is 17.3. The average Bonchev–Trinajstić information content (AvgIpc) is 3.35. The van der Waals surface area contributed by atoms with Gasteiger partial charge in [-0.05, 0) is 42.7 Å². The summed E-state index contributed by atoms with van der Waals surface area (Å²) in [5.41, 5.74) is 2.55. The van der Waals surface area contributed by atoms with Crippen LogP contribution in [0.2, 0.25) is 0 Å². The van der Waals surface area contributed by atoms with E-state index in [1.807, 2.05) is 78.9 Å². The predicted octanol–water partition coefficient (Wildman–Crippen LogP) is 4.87.